The molecule has 0 amide bonds. The van der Waals surface area contributed by atoms with Gasteiger partial charge in [-0.05, 0) is 6.92 Å². The molecule has 0 N–H and O–H groups in total. The molecule has 0 saturated carbocycles. The van der Waals surface area contributed by atoms with Gasteiger partial charge < -0.3 is 0 Å². The minimum atomic E-state index is 0.0276. The second-order valence-electron chi connectivity index (χ2n) is 1.59. The topological polar surface area (TPSA) is 23.8 Å². The maximum absolute atomic E-state index is 8.34. The van der Waals surface area contributed by atoms with Crippen molar-refractivity contribution in [3.05, 3.63) is 12.2 Å². The van der Waals surface area contributed by atoms with Gasteiger partial charge in [0.1, 0.15) is 3.92 Å². The first-order chi connectivity index (χ1) is 4.16. The molecule has 0 saturated heterocycles. The number of alkyl halides is 2. The van der Waals surface area contributed by atoms with Crippen molar-refractivity contribution < 1.29 is 0 Å². The highest BCUT2D eigenvalue weighted by Crippen LogP contribution is 2.05. The van der Waals surface area contributed by atoms with Crippen molar-refractivity contribution in [3.63, 3.8) is 0 Å². The highest BCUT2D eigenvalue weighted by atomic mass is 127. The number of nitriles is 1. The fourth-order valence-corrected chi connectivity index (χ4v) is 0.773. The van der Waals surface area contributed by atoms with Gasteiger partial charge in [-0.1, -0.05) is 57.3 Å². The molecule has 0 aliphatic rings. The van der Waals surface area contributed by atoms with Crippen LogP contribution in [0.5, 0.6) is 0 Å². The van der Waals surface area contributed by atoms with E-state index in [0.717, 1.165) is 0 Å². The molecule has 0 radical (unpaired) electrons. The van der Waals surface area contributed by atoms with Gasteiger partial charge in [-0.15, -0.1) is 0 Å². The Balaban J connectivity index is 3.60. The standard InChI is InChI=1S/C6H7I2N/c1-5(7)2-3-6(8)4-9/h2-3,5-6H,1H3/b3-2-. The summed E-state index contributed by atoms with van der Waals surface area (Å²) in [6, 6.07) is 2.12. The minimum absolute atomic E-state index is 0.0276. The van der Waals surface area contributed by atoms with Crippen LogP contribution in [0.3, 0.4) is 0 Å². The van der Waals surface area contributed by atoms with Gasteiger partial charge in [0.25, 0.3) is 0 Å². The van der Waals surface area contributed by atoms with Gasteiger partial charge in [0, 0.05) is 3.92 Å². The maximum Gasteiger partial charge on any atom is 0.116 e. The van der Waals surface area contributed by atoms with Gasteiger partial charge in [0.15, 0.2) is 0 Å². The zero-order chi connectivity index (χ0) is 7.28. The average Bonchev–Trinajstić information content (AvgIpc) is 1.83. The van der Waals surface area contributed by atoms with Crippen LogP contribution in [0.15, 0.2) is 12.2 Å². The van der Waals surface area contributed by atoms with Gasteiger partial charge in [-0.2, -0.15) is 5.26 Å². The summed E-state index contributed by atoms with van der Waals surface area (Å²) in [6.07, 6.45) is 3.94. The van der Waals surface area contributed by atoms with Crippen LogP contribution in [-0.2, 0) is 0 Å². The number of allylic oxidation sites excluding steroid dienone is 2. The Morgan fingerprint density at radius 2 is 2.00 bits per heavy atom. The Kier molecular flexibility index (Phi) is 5.89. The molecule has 0 bridgehead atoms. The molecule has 0 aromatic carbocycles. The Hall–Kier alpha value is 0.690. The molecule has 0 spiro atoms. The van der Waals surface area contributed by atoms with Crippen LogP contribution in [0.25, 0.3) is 0 Å². The fourth-order valence-electron chi connectivity index (χ4n) is 0.294. The summed E-state index contributed by atoms with van der Waals surface area (Å²) >= 11 is 4.38. The summed E-state index contributed by atoms with van der Waals surface area (Å²) in [7, 11) is 0. The average molecular weight is 347 g/mol. The fraction of sp³-hybridized carbons (Fsp3) is 0.500. The highest BCUT2D eigenvalue weighted by molar-refractivity contribution is 14.1. The molecule has 0 fully saturated rings. The van der Waals surface area contributed by atoms with Crippen molar-refractivity contribution >= 4 is 45.2 Å². The first-order valence-electron chi connectivity index (χ1n) is 2.53. The van der Waals surface area contributed by atoms with E-state index in [-0.39, 0.29) is 3.92 Å². The molecule has 2 atom stereocenters. The van der Waals surface area contributed by atoms with E-state index in [4.69, 9.17) is 5.26 Å². The first-order valence-corrected chi connectivity index (χ1v) is 5.02. The predicted molar refractivity (Wildman–Crippen MR) is 56.0 cm³/mol. The van der Waals surface area contributed by atoms with E-state index in [1.807, 2.05) is 12.2 Å². The third-order valence-corrected chi connectivity index (χ3v) is 1.78. The molecule has 50 valence electrons. The SMILES string of the molecule is CC(I)/C=C\C(I)C#N. The molecule has 0 aliphatic carbocycles. The van der Waals surface area contributed by atoms with E-state index in [2.05, 4.69) is 58.2 Å². The second-order valence-corrected chi connectivity index (χ2v) is 4.90. The first kappa shape index (κ1) is 9.69. The van der Waals surface area contributed by atoms with E-state index in [1.165, 1.54) is 0 Å². The van der Waals surface area contributed by atoms with Crippen LogP contribution in [0, 0.1) is 11.3 Å². The van der Waals surface area contributed by atoms with Crippen molar-refractivity contribution in [1.29, 1.82) is 5.26 Å². The largest absolute Gasteiger partial charge is 0.197 e. The normalized spacial score (nSPS) is 17.1. The van der Waals surface area contributed by atoms with Crippen LogP contribution in [0.2, 0.25) is 0 Å². The number of hydrogen-bond donors (Lipinski definition) is 0. The third kappa shape index (κ3) is 6.58. The lowest BCUT2D eigenvalue weighted by atomic mass is 10.3. The monoisotopic (exact) mass is 347 g/mol. The van der Waals surface area contributed by atoms with Crippen molar-refractivity contribution in [3.8, 4) is 6.07 Å². The van der Waals surface area contributed by atoms with Crippen molar-refractivity contribution in [2.24, 2.45) is 0 Å². The summed E-state index contributed by atoms with van der Waals surface area (Å²) in [5, 5.41) is 8.34. The molecule has 3 heteroatoms. The maximum atomic E-state index is 8.34. The molecule has 2 unspecified atom stereocenters. The van der Waals surface area contributed by atoms with E-state index in [1.54, 1.807) is 0 Å². The van der Waals surface area contributed by atoms with Crippen molar-refractivity contribution in [1.82, 2.24) is 0 Å². The zero-order valence-corrected chi connectivity index (χ0v) is 9.33. The Labute approximate surface area is 82.8 Å². The molecule has 0 heterocycles. The Bertz CT molecular complexity index is 134. The Morgan fingerprint density at radius 1 is 1.44 bits per heavy atom. The number of hydrogen-bond acceptors (Lipinski definition) is 1. The quantitative estimate of drug-likeness (QED) is 0.428. The van der Waals surface area contributed by atoms with Crippen molar-refractivity contribution in [2.45, 2.75) is 14.8 Å². The van der Waals surface area contributed by atoms with Gasteiger partial charge in [-0.3, -0.25) is 0 Å². The summed E-state index contributed by atoms with van der Waals surface area (Å²) < 4.78 is 0.549. The minimum Gasteiger partial charge on any atom is -0.197 e. The van der Waals surface area contributed by atoms with Gasteiger partial charge in [0.05, 0.1) is 6.07 Å². The van der Waals surface area contributed by atoms with Crippen LogP contribution in [0.4, 0.5) is 0 Å². The van der Waals surface area contributed by atoms with Gasteiger partial charge >= 0.3 is 0 Å². The Morgan fingerprint density at radius 3 is 2.33 bits per heavy atom. The third-order valence-electron chi connectivity index (χ3n) is 0.669. The molecule has 0 aromatic rings. The van der Waals surface area contributed by atoms with Gasteiger partial charge in [0.2, 0.25) is 0 Å². The number of rotatable bonds is 2. The van der Waals surface area contributed by atoms with Crippen LogP contribution in [0.1, 0.15) is 6.92 Å². The van der Waals surface area contributed by atoms with E-state index >= 15 is 0 Å². The lowest BCUT2D eigenvalue weighted by Gasteiger charge is -1.91. The lowest BCUT2D eigenvalue weighted by molar-refractivity contribution is 1.27. The van der Waals surface area contributed by atoms with E-state index in [9.17, 15) is 0 Å². The molecular weight excluding hydrogens is 340 g/mol. The molecule has 0 aromatic heterocycles. The molecule has 0 aliphatic heterocycles. The van der Waals surface area contributed by atoms with Crippen molar-refractivity contribution in [2.75, 3.05) is 0 Å². The van der Waals surface area contributed by atoms with Crippen LogP contribution >= 0.6 is 45.2 Å². The molecule has 1 nitrogen and oxygen atoms in total. The zero-order valence-electron chi connectivity index (χ0n) is 5.01. The predicted octanol–water partition coefficient (Wildman–Crippen LogP) is 2.69. The van der Waals surface area contributed by atoms with E-state index < -0.39 is 0 Å². The van der Waals surface area contributed by atoms with Crippen LogP contribution < -0.4 is 0 Å². The second kappa shape index (κ2) is 5.47. The summed E-state index contributed by atoms with van der Waals surface area (Å²) in [4.78, 5) is 0. The smallest absolute Gasteiger partial charge is 0.116 e. The highest BCUT2D eigenvalue weighted by Gasteiger charge is 1.93. The number of halogens is 2. The van der Waals surface area contributed by atoms with E-state index in [0.29, 0.717) is 3.92 Å². The molecular formula is C6H7I2N. The van der Waals surface area contributed by atoms with Gasteiger partial charge in [-0.25, -0.2) is 0 Å². The summed E-state index contributed by atoms with van der Waals surface area (Å²) in [6.45, 7) is 2.08. The number of nitrogens with zero attached hydrogens (tertiary/aromatic N) is 1. The molecule has 9 heavy (non-hydrogen) atoms. The molecule has 0 rings (SSSR count). The summed E-state index contributed by atoms with van der Waals surface area (Å²) in [5.74, 6) is 0. The lowest BCUT2D eigenvalue weighted by Crippen LogP contribution is -1.87. The summed E-state index contributed by atoms with van der Waals surface area (Å²) in [5.41, 5.74) is 0. The van der Waals surface area contributed by atoms with Crippen LogP contribution in [-0.4, -0.2) is 7.85 Å².